The number of imide groups is 1. The van der Waals surface area contributed by atoms with E-state index in [-0.39, 0.29) is 12.5 Å². The van der Waals surface area contributed by atoms with Gasteiger partial charge in [0.15, 0.2) is 0 Å². The Morgan fingerprint density at radius 2 is 2.10 bits per heavy atom. The van der Waals surface area contributed by atoms with Crippen LogP contribution in [0.4, 0.5) is 10.5 Å². The van der Waals surface area contributed by atoms with Crippen LogP contribution in [-0.4, -0.2) is 34.8 Å². The van der Waals surface area contributed by atoms with E-state index < -0.39 is 17.5 Å². The van der Waals surface area contributed by atoms with Crippen LogP contribution < -0.4 is 10.6 Å². The van der Waals surface area contributed by atoms with Gasteiger partial charge in [-0.15, -0.1) is 0 Å². The molecule has 20 heavy (non-hydrogen) atoms. The predicted octanol–water partition coefficient (Wildman–Crippen LogP) is 1.72. The molecule has 0 spiro atoms. The van der Waals surface area contributed by atoms with Gasteiger partial charge in [0.05, 0.1) is 0 Å². The molecule has 0 radical (unpaired) electrons. The van der Waals surface area contributed by atoms with Crippen LogP contribution in [0.2, 0.25) is 0 Å². The second kappa shape index (κ2) is 5.24. The highest BCUT2D eigenvalue weighted by Gasteiger charge is 2.46. The molecule has 1 saturated heterocycles. The molecule has 1 aromatic rings. The lowest BCUT2D eigenvalue weighted by Gasteiger charge is -2.27. The van der Waals surface area contributed by atoms with Crippen molar-refractivity contribution in [2.75, 3.05) is 11.9 Å². The summed E-state index contributed by atoms with van der Waals surface area (Å²) in [5.74, 6) is -0.765. The zero-order valence-electron chi connectivity index (χ0n) is 11.1. The Hall–Kier alpha value is -1.89. The Labute approximate surface area is 124 Å². The van der Waals surface area contributed by atoms with E-state index in [1.807, 2.05) is 6.07 Å². The Morgan fingerprint density at radius 1 is 1.40 bits per heavy atom. The number of hydrogen-bond acceptors (Lipinski definition) is 3. The minimum Gasteiger partial charge on any atom is -0.325 e. The molecule has 0 saturated carbocycles. The van der Waals surface area contributed by atoms with Crippen LogP contribution in [0.3, 0.4) is 0 Å². The molecule has 0 unspecified atom stereocenters. The summed E-state index contributed by atoms with van der Waals surface area (Å²) in [7, 11) is 0. The fourth-order valence-corrected chi connectivity index (χ4v) is 2.27. The van der Waals surface area contributed by atoms with Crippen LogP contribution in [0.25, 0.3) is 0 Å². The van der Waals surface area contributed by atoms with Crippen LogP contribution in [0, 0.1) is 0 Å². The summed E-state index contributed by atoms with van der Waals surface area (Å²) in [4.78, 5) is 36.4. The van der Waals surface area contributed by atoms with Gasteiger partial charge in [-0.3, -0.25) is 14.9 Å². The largest absolute Gasteiger partial charge is 0.325 e. The number of nitrogens with zero attached hydrogens (tertiary/aromatic N) is 1. The average Bonchev–Trinajstić information content (AvgIpc) is 2.52. The van der Waals surface area contributed by atoms with E-state index in [1.54, 1.807) is 32.0 Å². The summed E-state index contributed by atoms with van der Waals surface area (Å²) < 4.78 is 0.838. The Bertz CT molecular complexity index is 586. The number of nitrogens with one attached hydrogen (secondary N) is 2. The van der Waals surface area contributed by atoms with Crippen LogP contribution in [-0.2, 0) is 9.59 Å². The van der Waals surface area contributed by atoms with E-state index in [2.05, 4.69) is 26.6 Å². The highest BCUT2D eigenvalue weighted by molar-refractivity contribution is 9.10. The van der Waals surface area contributed by atoms with Crippen molar-refractivity contribution in [1.29, 1.82) is 0 Å². The molecule has 1 fully saturated rings. The van der Waals surface area contributed by atoms with Crippen molar-refractivity contribution in [2.45, 2.75) is 19.4 Å². The zero-order chi connectivity index (χ0) is 14.9. The fraction of sp³-hybridized carbons (Fsp3) is 0.308. The molecule has 2 rings (SSSR count). The van der Waals surface area contributed by atoms with E-state index in [0.717, 1.165) is 4.47 Å². The smallest absolute Gasteiger partial charge is 0.325 e. The van der Waals surface area contributed by atoms with Crippen LogP contribution in [0.5, 0.6) is 0 Å². The van der Waals surface area contributed by atoms with Crippen molar-refractivity contribution < 1.29 is 14.4 Å². The van der Waals surface area contributed by atoms with Gasteiger partial charge < -0.3 is 10.2 Å². The van der Waals surface area contributed by atoms with Gasteiger partial charge in [-0.2, -0.15) is 0 Å². The number of carbonyl (C=O) groups excluding carboxylic acids is 3. The maximum Gasteiger partial charge on any atom is 0.325 e. The Balaban J connectivity index is 2.05. The monoisotopic (exact) mass is 339 g/mol. The molecular weight excluding hydrogens is 326 g/mol. The first-order valence-corrected chi connectivity index (χ1v) is 6.78. The van der Waals surface area contributed by atoms with Gasteiger partial charge in [-0.25, -0.2) is 4.79 Å². The van der Waals surface area contributed by atoms with Crippen molar-refractivity contribution in [3.8, 4) is 0 Å². The molecule has 7 heteroatoms. The van der Waals surface area contributed by atoms with E-state index in [1.165, 1.54) is 4.90 Å². The van der Waals surface area contributed by atoms with Crippen molar-refractivity contribution in [2.24, 2.45) is 0 Å². The standard InChI is InChI=1S/C13H14BrN3O3/c1-13(2)11(19)16-12(20)17(13)7-10(18)15-9-5-3-4-8(14)6-9/h3-6H,7H2,1-2H3,(H,15,18)(H,16,19,20). The lowest BCUT2D eigenvalue weighted by Crippen LogP contribution is -2.47. The normalized spacial score (nSPS) is 17.1. The second-order valence-electron chi connectivity index (χ2n) is 4.96. The lowest BCUT2D eigenvalue weighted by molar-refractivity contribution is -0.126. The molecule has 0 aliphatic carbocycles. The lowest BCUT2D eigenvalue weighted by atomic mass is 10.0. The van der Waals surface area contributed by atoms with Gasteiger partial charge in [0, 0.05) is 10.2 Å². The van der Waals surface area contributed by atoms with E-state index in [4.69, 9.17) is 0 Å². The molecule has 4 amide bonds. The first-order chi connectivity index (χ1) is 9.30. The summed E-state index contributed by atoms with van der Waals surface area (Å²) in [5.41, 5.74) is -0.404. The molecule has 2 N–H and O–H groups in total. The number of urea groups is 1. The summed E-state index contributed by atoms with van der Waals surface area (Å²) in [6, 6.07) is 6.56. The minimum absolute atomic E-state index is 0.183. The number of benzene rings is 1. The third kappa shape index (κ3) is 2.82. The highest BCUT2D eigenvalue weighted by Crippen LogP contribution is 2.21. The number of hydrogen-bond donors (Lipinski definition) is 2. The summed E-state index contributed by atoms with van der Waals surface area (Å²) in [6.07, 6.45) is 0. The average molecular weight is 340 g/mol. The first kappa shape index (κ1) is 14.5. The molecule has 0 atom stereocenters. The quantitative estimate of drug-likeness (QED) is 0.823. The topological polar surface area (TPSA) is 78.5 Å². The fourth-order valence-electron chi connectivity index (χ4n) is 1.87. The number of anilines is 1. The molecule has 0 bridgehead atoms. The summed E-state index contributed by atoms with van der Waals surface area (Å²) in [5, 5.41) is 4.88. The third-order valence-electron chi connectivity index (χ3n) is 3.11. The number of rotatable bonds is 3. The molecule has 1 heterocycles. The maximum absolute atomic E-state index is 12.0. The van der Waals surface area contributed by atoms with Gasteiger partial charge in [-0.05, 0) is 32.0 Å². The van der Waals surface area contributed by atoms with Crippen molar-refractivity contribution in [1.82, 2.24) is 10.2 Å². The van der Waals surface area contributed by atoms with Gasteiger partial charge in [0.25, 0.3) is 5.91 Å². The molecule has 0 aromatic heterocycles. The Kier molecular flexibility index (Phi) is 3.80. The first-order valence-electron chi connectivity index (χ1n) is 5.99. The molecular formula is C13H14BrN3O3. The van der Waals surface area contributed by atoms with Crippen molar-refractivity contribution in [3.05, 3.63) is 28.7 Å². The van der Waals surface area contributed by atoms with E-state index in [0.29, 0.717) is 5.69 Å². The highest BCUT2D eigenvalue weighted by atomic mass is 79.9. The van der Waals surface area contributed by atoms with E-state index in [9.17, 15) is 14.4 Å². The Morgan fingerprint density at radius 3 is 2.65 bits per heavy atom. The van der Waals surface area contributed by atoms with Crippen LogP contribution in [0.15, 0.2) is 28.7 Å². The van der Waals surface area contributed by atoms with Crippen LogP contribution in [0.1, 0.15) is 13.8 Å². The van der Waals surface area contributed by atoms with Crippen LogP contribution >= 0.6 is 15.9 Å². The van der Waals surface area contributed by atoms with Crippen molar-refractivity contribution >= 4 is 39.5 Å². The zero-order valence-corrected chi connectivity index (χ0v) is 12.7. The molecule has 1 aromatic carbocycles. The van der Waals surface area contributed by atoms with Gasteiger partial charge >= 0.3 is 6.03 Å². The number of halogens is 1. The molecule has 106 valence electrons. The van der Waals surface area contributed by atoms with E-state index >= 15 is 0 Å². The van der Waals surface area contributed by atoms with Gasteiger partial charge in [0.1, 0.15) is 12.1 Å². The minimum atomic E-state index is -1.02. The van der Waals surface area contributed by atoms with Gasteiger partial charge in [0.2, 0.25) is 5.91 Å². The van der Waals surface area contributed by atoms with Crippen molar-refractivity contribution in [3.63, 3.8) is 0 Å². The molecule has 6 nitrogen and oxygen atoms in total. The van der Waals surface area contributed by atoms with Gasteiger partial charge in [-0.1, -0.05) is 22.0 Å². The summed E-state index contributed by atoms with van der Waals surface area (Å²) in [6.45, 7) is 3.01. The second-order valence-corrected chi connectivity index (χ2v) is 5.88. The molecule has 1 aliphatic heterocycles. The predicted molar refractivity (Wildman–Crippen MR) is 77.1 cm³/mol. The summed E-state index contributed by atoms with van der Waals surface area (Å²) >= 11 is 3.31. The maximum atomic E-state index is 12.0. The number of amides is 4. The number of carbonyl (C=O) groups is 3. The molecule has 1 aliphatic rings. The SMILES string of the molecule is CC1(C)C(=O)NC(=O)N1CC(=O)Nc1cccc(Br)c1. The third-order valence-corrected chi connectivity index (χ3v) is 3.60.